The lowest BCUT2D eigenvalue weighted by Gasteiger charge is -2.28. The number of rotatable bonds is 10. The maximum atomic E-state index is 12.4. The van der Waals surface area contributed by atoms with Crippen molar-refractivity contribution < 1.29 is 18.7 Å². The number of aliphatic hydroxyl groups excluding tert-OH is 1. The molecule has 17 heavy (non-hydrogen) atoms. The molecule has 5 heteroatoms. The number of aliphatic hydroxyl groups is 1. The molecule has 0 aromatic rings. The lowest BCUT2D eigenvalue weighted by Crippen LogP contribution is -2.22. The quantitative estimate of drug-likeness (QED) is 0.611. The molecule has 0 heterocycles. The first-order valence-corrected chi connectivity index (χ1v) is 8.23. The molecule has 0 aromatic heterocycles. The Bertz CT molecular complexity index is 223. The van der Waals surface area contributed by atoms with Crippen molar-refractivity contribution in [2.24, 2.45) is 5.92 Å². The summed E-state index contributed by atoms with van der Waals surface area (Å²) < 4.78 is 22.7. The van der Waals surface area contributed by atoms with Gasteiger partial charge in [0, 0.05) is 0 Å². The fourth-order valence-corrected chi connectivity index (χ4v) is 3.81. The molecule has 0 amide bonds. The van der Waals surface area contributed by atoms with Gasteiger partial charge in [-0.05, 0) is 26.2 Å². The van der Waals surface area contributed by atoms with Crippen LogP contribution < -0.4 is 0 Å². The summed E-state index contributed by atoms with van der Waals surface area (Å²) in [6.45, 7) is 8.18. The zero-order valence-corrected chi connectivity index (χ0v) is 12.4. The van der Waals surface area contributed by atoms with Crippen molar-refractivity contribution in [2.75, 3.05) is 13.2 Å². The van der Waals surface area contributed by atoms with Crippen LogP contribution in [0.1, 0.15) is 53.4 Å². The van der Waals surface area contributed by atoms with E-state index < -0.39 is 13.4 Å². The average molecular weight is 266 g/mol. The minimum atomic E-state index is -3.37. The van der Waals surface area contributed by atoms with Crippen LogP contribution in [-0.2, 0) is 13.6 Å². The summed E-state index contributed by atoms with van der Waals surface area (Å²) in [6.07, 6.45) is 3.73. The van der Waals surface area contributed by atoms with Gasteiger partial charge in [0.2, 0.25) is 0 Å². The molecule has 1 N–H and O–H groups in total. The fraction of sp³-hybridized carbons (Fsp3) is 1.00. The average Bonchev–Trinajstić information content (AvgIpc) is 2.30. The second-order valence-electron chi connectivity index (χ2n) is 4.10. The third-order valence-electron chi connectivity index (χ3n) is 2.82. The van der Waals surface area contributed by atoms with Crippen molar-refractivity contribution in [3.05, 3.63) is 0 Å². The fourth-order valence-electron chi connectivity index (χ4n) is 1.84. The highest BCUT2D eigenvalue weighted by molar-refractivity contribution is 7.54. The zero-order chi connectivity index (χ0) is 13.3. The first-order chi connectivity index (χ1) is 8.05. The molecular weight excluding hydrogens is 239 g/mol. The molecule has 104 valence electrons. The predicted octanol–water partition coefficient (Wildman–Crippen LogP) is 3.79. The Morgan fingerprint density at radius 2 is 1.65 bits per heavy atom. The van der Waals surface area contributed by atoms with E-state index >= 15 is 0 Å². The summed E-state index contributed by atoms with van der Waals surface area (Å²) in [5.41, 5.74) is 0. The van der Waals surface area contributed by atoms with Crippen LogP contribution >= 0.6 is 7.60 Å². The monoisotopic (exact) mass is 266 g/mol. The van der Waals surface area contributed by atoms with Gasteiger partial charge in [-0.15, -0.1) is 0 Å². The summed E-state index contributed by atoms with van der Waals surface area (Å²) >= 11 is 0. The van der Waals surface area contributed by atoms with Crippen molar-refractivity contribution in [3.8, 4) is 0 Å². The molecule has 0 aliphatic heterocycles. The van der Waals surface area contributed by atoms with Crippen LogP contribution in [0.3, 0.4) is 0 Å². The zero-order valence-electron chi connectivity index (χ0n) is 11.5. The third-order valence-corrected chi connectivity index (χ3v) is 5.12. The van der Waals surface area contributed by atoms with E-state index in [9.17, 15) is 9.67 Å². The number of hydrogen-bond donors (Lipinski definition) is 1. The van der Waals surface area contributed by atoms with Crippen LogP contribution in [-0.4, -0.2) is 24.2 Å². The minimum Gasteiger partial charge on any atom is -0.380 e. The molecule has 0 spiro atoms. The van der Waals surface area contributed by atoms with Crippen LogP contribution in [0.15, 0.2) is 0 Å². The van der Waals surface area contributed by atoms with Crippen molar-refractivity contribution in [1.82, 2.24) is 0 Å². The van der Waals surface area contributed by atoms with Crippen molar-refractivity contribution in [2.45, 2.75) is 59.2 Å². The highest BCUT2D eigenvalue weighted by Crippen LogP contribution is 2.55. The summed E-state index contributed by atoms with van der Waals surface area (Å²) in [4.78, 5) is 0. The van der Waals surface area contributed by atoms with Crippen LogP contribution in [0.2, 0.25) is 0 Å². The Kier molecular flexibility index (Phi) is 9.15. The molecule has 0 fully saturated rings. The topological polar surface area (TPSA) is 55.8 Å². The van der Waals surface area contributed by atoms with E-state index in [1.54, 1.807) is 13.8 Å². The van der Waals surface area contributed by atoms with E-state index in [1.165, 1.54) is 0 Å². The van der Waals surface area contributed by atoms with E-state index in [4.69, 9.17) is 9.05 Å². The minimum absolute atomic E-state index is 0.0149. The maximum absolute atomic E-state index is 12.4. The second-order valence-corrected chi connectivity index (χ2v) is 6.22. The van der Waals surface area contributed by atoms with Gasteiger partial charge in [-0.25, -0.2) is 0 Å². The lowest BCUT2D eigenvalue weighted by atomic mass is 10.0. The van der Waals surface area contributed by atoms with Gasteiger partial charge in [-0.3, -0.25) is 4.57 Å². The maximum Gasteiger partial charge on any atom is 0.359 e. The summed E-state index contributed by atoms with van der Waals surface area (Å²) in [5, 5.41) is 10.2. The summed E-state index contributed by atoms with van der Waals surface area (Å²) in [7, 11) is -3.37. The number of unbranched alkanes of at least 4 members (excludes halogenated alkanes) is 1. The molecule has 0 rings (SSSR count). The molecular formula is C12H27O4P. The SMILES string of the molecule is CCCCC(CC)C(O)P(=O)(OCC)OCC. The molecule has 2 unspecified atom stereocenters. The normalized spacial score (nSPS) is 15.8. The standard InChI is InChI=1S/C12H27O4P/c1-5-9-10-11(6-2)12(13)17(14,15-7-3)16-8-4/h11-13H,5-10H2,1-4H3. The number of hydrogen-bond acceptors (Lipinski definition) is 4. The first-order valence-electron chi connectivity index (χ1n) is 6.62. The third kappa shape index (κ3) is 5.52. The molecule has 0 saturated carbocycles. The van der Waals surface area contributed by atoms with Gasteiger partial charge in [0.25, 0.3) is 0 Å². The molecule has 0 radical (unpaired) electrons. The van der Waals surface area contributed by atoms with Gasteiger partial charge in [0.1, 0.15) is 0 Å². The predicted molar refractivity (Wildman–Crippen MR) is 70.2 cm³/mol. The van der Waals surface area contributed by atoms with Gasteiger partial charge in [-0.1, -0.05) is 33.1 Å². The van der Waals surface area contributed by atoms with E-state index in [1.807, 2.05) is 6.92 Å². The Labute approximate surface area is 105 Å². The Morgan fingerprint density at radius 1 is 1.12 bits per heavy atom. The van der Waals surface area contributed by atoms with Gasteiger partial charge < -0.3 is 14.2 Å². The second kappa shape index (κ2) is 9.09. The van der Waals surface area contributed by atoms with E-state index in [0.29, 0.717) is 13.2 Å². The highest BCUT2D eigenvalue weighted by Gasteiger charge is 2.38. The molecule has 0 aliphatic carbocycles. The van der Waals surface area contributed by atoms with E-state index in [0.717, 1.165) is 25.7 Å². The Morgan fingerprint density at radius 3 is 2.00 bits per heavy atom. The van der Waals surface area contributed by atoms with Crippen LogP contribution in [0.25, 0.3) is 0 Å². The van der Waals surface area contributed by atoms with Gasteiger partial charge >= 0.3 is 7.60 Å². The van der Waals surface area contributed by atoms with Gasteiger partial charge in [0.15, 0.2) is 5.85 Å². The van der Waals surface area contributed by atoms with Crippen molar-refractivity contribution in [3.63, 3.8) is 0 Å². The van der Waals surface area contributed by atoms with Crippen molar-refractivity contribution in [1.29, 1.82) is 0 Å². The molecule has 4 nitrogen and oxygen atoms in total. The summed E-state index contributed by atoms with van der Waals surface area (Å²) in [6, 6.07) is 0. The van der Waals surface area contributed by atoms with Crippen LogP contribution in [0, 0.1) is 5.92 Å². The molecule has 0 bridgehead atoms. The van der Waals surface area contributed by atoms with Crippen LogP contribution in [0.4, 0.5) is 0 Å². The van der Waals surface area contributed by atoms with E-state index in [-0.39, 0.29) is 5.92 Å². The lowest BCUT2D eigenvalue weighted by molar-refractivity contribution is 0.106. The Balaban J connectivity index is 4.65. The molecule has 2 atom stereocenters. The van der Waals surface area contributed by atoms with Crippen molar-refractivity contribution >= 4 is 7.60 Å². The molecule has 0 saturated heterocycles. The summed E-state index contributed by atoms with van der Waals surface area (Å²) in [5.74, 6) is -1.02. The smallest absolute Gasteiger partial charge is 0.359 e. The Hall–Kier alpha value is 0.110. The van der Waals surface area contributed by atoms with Crippen LogP contribution in [0.5, 0.6) is 0 Å². The molecule has 0 aliphatic rings. The largest absolute Gasteiger partial charge is 0.380 e. The van der Waals surface area contributed by atoms with Gasteiger partial charge in [-0.2, -0.15) is 0 Å². The van der Waals surface area contributed by atoms with Gasteiger partial charge in [0.05, 0.1) is 13.2 Å². The highest BCUT2D eigenvalue weighted by atomic mass is 31.2. The first kappa shape index (κ1) is 17.1. The molecule has 0 aromatic carbocycles. The van der Waals surface area contributed by atoms with E-state index in [2.05, 4.69) is 6.92 Å².